The molecule has 3 unspecified atom stereocenters. The Bertz CT molecular complexity index is 645. The van der Waals surface area contributed by atoms with Crippen LogP contribution >= 0.6 is 0 Å². The molecule has 0 aliphatic carbocycles. The molecular formula is C18H22F3NO4. The zero-order chi connectivity index (χ0) is 19.5. The number of ether oxygens (including phenoxy) is 1. The normalized spacial score (nSPS) is 21.7. The molecule has 5 nitrogen and oxygen atoms in total. The molecule has 8 heteroatoms. The minimum Gasteiger partial charge on any atom is -0.481 e. The van der Waals surface area contributed by atoms with E-state index in [0.717, 1.165) is 12.1 Å². The molecule has 1 heterocycles. The minimum absolute atomic E-state index is 0.154. The fraction of sp³-hybridized carbons (Fsp3) is 0.556. The van der Waals surface area contributed by atoms with Crippen molar-refractivity contribution in [3.05, 3.63) is 35.4 Å². The van der Waals surface area contributed by atoms with E-state index in [-0.39, 0.29) is 24.9 Å². The first kappa shape index (κ1) is 20.2. The number of methoxy groups -OCH3 is 1. The van der Waals surface area contributed by atoms with E-state index in [1.807, 2.05) is 0 Å². The first-order valence-electron chi connectivity index (χ1n) is 8.33. The molecule has 0 saturated carbocycles. The summed E-state index contributed by atoms with van der Waals surface area (Å²) >= 11 is 0. The van der Waals surface area contributed by atoms with Gasteiger partial charge in [-0.3, -0.25) is 9.59 Å². The summed E-state index contributed by atoms with van der Waals surface area (Å²) in [6.07, 6.45) is -4.01. The molecule has 1 saturated heterocycles. The van der Waals surface area contributed by atoms with Gasteiger partial charge in [-0.05, 0) is 30.5 Å². The molecule has 1 aromatic rings. The number of carboxylic acid groups (broad SMARTS) is 1. The molecule has 0 spiro atoms. The number of carbonyl (C=O) groups excluding carboxylic acids is 1. The Morgan fingerprint density at radius 2 is 1.92 bits per heavy atom. The predicted octanol–water partition coefficient (Wildman–Crippen LogP) is 2.97. The second kappa shape index (κ2) is 8.07. The van der Waals surface area contributed by atoms with E-state index in [0.29, 0.717) is 18.5 Å². The standard InChI is InChI=1S/C18H22F3NO4/c1-11(7-12-3-5-13(6-4-12)18(19,20)21)17(25)22-10-15(26-2)8-14(22)9-16(23)24/h3-6,11,14-15H,7-10H2,1-2H3,(H,23,24). The van der Waals surface area contributed by atoms with Crippen LogP contribution in [0.3, 0.4) is 0 Å². The van der Waals surface area contributed by atoms with Crippen molar-refractivity contribution in [3.8, 4) is 0 Å². The first-order chi connectivity index (χ1) is 12.1. The van der Waals surface area contributed by atoms with E-state index in [4.69, 9.17) is 9.84 Å². The summed E-state index contributed by atoms with van der Waals surface area (Å²) in [5.41, 5.74) is -0.111. The van der Waals surface area contributed by atoms with Gasteiger partial charge in [-0.25, -0.2) is 0 Å². The van der Waals surface area contributed by atoms with Gasteiger partial charge in [0.05, 0.1) is 18.1 Å². The van der Waals surface area contributed by atoms with Gasteiger partial charge in [-0.1, -0.05) is 19.1 Å². The minimum atomic E-state index is -4.39. The topological polar surface area (TPSA) is 66.8 Å². The van der Waals surface area contributed by atoms with E-state index < -0.39 is 29.7 Å². The number of likely N-dealkylation sites (tertiary alicyclic amines) is 1. The highest BCUT2D eigenvalue weighted by atomic mass is 19.4. The van der Waals surface area contributed by atoms with Gasteiger partial charge in [0.15, 0.2) is 0 Å². The molecular weight excluding hydrogens is 351 g/mol. The molecule has 0 bridgehead atoms. The van der Waals surface area contributed by atoms with Gasteiger partial charge in [0.2, 0.25) is 5.91 Å². The Morgan fingerprint density at radius 3 is 2.42 bits per heavy atom. The van der Waals surface area contributed by atoms with Crippen molar-refractivity contribution in [2.24, 2.45) is 5.92 Å². The van der Waals surface area contributed by atoms with Crippen LogP contribution in [0.15, 0.2) is 24.3 Å². The van der Waals surface area contributed by atoms with Crippen molar-refractivity contribution in [1.82, 2.24) is 4.90 Å². The van der Waals surface area contributed by atoms with Crippen molar-refractivity contribution in [3.63, 3.8) is 0 Å². The summed E-state index contributed by atoms with van der Waals surface area (Å²) in [4.78, 5) is 25.3. The molecule has 1 aromatic carbocycles. The van der Waals surface area contributed by atoms with Crippen molar-refractivity contribution in [1.29, 1.82) is 0 Å². The molecule has 1 amide bonds. The Labute approximate surface area is 149 Å². The number of carboxylic acids is 1. The molecule has 2 rings (SSSR count). The summed E-state index contributed by atoms with van der Waals surface area (Å²) in [6, 6.07) is 4.29. The fourth-order valence-corrected chi connectivity index (χ4v) is 3.26. The van der Waals surface area contributed by atoms with Crippen LogP contribution in [0.25, 0.3) is 0 Å². The van der Waals surface area contributed by atoms with Crippen LogP contribution < -0.4 is 0 Å². The van der Waals surface area contributed by atoms with Crippen molar-refractivity contribution in [2.75, 3.05) is 13.7 Å². The number of hydrogen-bond donors (Lipinski definition) is 1. The molecule has 0 radical (unpaired) electrons. The Hall–Kier alpha value is -2.09. The largest absolute Gasteiger partial charge is 0.481 e. The number of aliphatic carboxylic acids is 1. The van der Waals surface area contributed by atoms with E-state index in [1.54, 1.807) is 6.92 Å². The molecule has 3 atom stereocenters. The van der Waals surface area contributed by atoms with Gasteiger partial charge in [0.1, 0.15) is 0 Å². The van der Waals surface area contributed by atoms with Gasteiger partial charge in [0, 0.05) is 25.6 Å². The van der Waals surface area contributed by atoms with Gasteiger partial charge in [-0.2, -0.15) is 13.2 Å². The van der Waals surface area contributed by atoms with Crippen LogP contribution in [-0.2, 0) is 26.9 Å². The average Bonchev–Trinajstić information content (AvgIpc) is 2.96. The third-order valence-electron chi connectivity index (χ3n) is 4.65. The van der Waals surface area contributed by atoms with Crippen LogP contribution in [-0.4, -0.2) is 47.7 Å². The van der Waals surface area contributed by atoms with Crippen LogP contribution in [0.2, 0.25) is 0 Å². The number of amides is 1. The van der Waals surface area contributed by atoms with Gasteiger partial charge >= 0.3 is 12.1 Å². The van der Waals surface area contributed by atoms with E-state index in [1.165, 1.54) is 24.1 Å². The number of carbonyl (C=O) groups is 2. The number of rotatable bonds is 6. The maximum absolute atomic E-state index is 12.7. The lowest BCUT2D eigenvalue weighted by Gasteiger charge is -2.26. The van der Waals surface area contributed by atoms with Crippen LogP contribution in [0.5, 0.6) is 0 Å². The number of nitrogens with zero attached hydrogens (tertiary/aromatic N) is 1. The number of halogens is 3. The zero-order valence-corrected chi connectivity index (χ0v) is 14.6. The summed E-state index contributed by atoms with van der Waals surface area (Å²) < 4.78 is 43.1. The van der Waals surface area contributed by atoms with Gasteiger partial charge < -0.3 is 14.7 Å². The number of hydrogen-bond acceptors (Lipinski definition) is 3. The lowest BCUT2D eigenvalue weighted by Crippen LogP contribution is -2.40. The van der Waals surface area contributed by atoms with E-state index in [9.17, 15) is 22.8 Å². The SMILES string of the molecule is COC1CC(CC(=O)O)N(C(=O)C(C)Cc2ccc(C(F)(F)F)cc2)C1. The van der Waals surface area contributed by atoms with Crippen LogP contribution in [0.1, 0.15) is 30.9 Å². The number of alkyl halides is 3. The van der Waals surface area contributed by atoms with E-state index in [2.05, 4.69) is 0 Å². The third kappa shape index (κ3) is 4.97. The predicted molar refractivity (Wildman–Crippen MR) is 87.5 cm³/mol. The van der Waals surface area contributed by atoms with Gasteiger partial charge in [0.25, 0.3) is 0 Å². The van der Waals surface area contributed by atoms with Crippen molar-refractivity contribution < 1.29 is 32.6 Å². The molecule has 144 valence electrons. The summed E-state index contributed by atoms with van der Waals surface area (Å²) in [5, 5.41) is 9.03. The fourth-order valence-electron chi connectivity index (χ4n) is 3.26. The number of benzene rings is 1. The highest BCUT2D eigenvalue weighted by Gasteiger charge is 2.38. The Morgan fingerprint density at radius 1 is 1.31 bits per heavy atom. The lowest BCUT2D eigenvalue weighted by atomic mass is 9.98. The third-order valence-corrected chi connectivity index (χ3v) is 4.65. The highest BCUT2D eigenvalue weighted by Crippen LogP contribution is 2.30. The van der Waals surface area contributed by atoms with Crippen LogP contribution in [0.4, 0.5) is 13.2 Å². The Kier molecular flexibility index (Phi) is 6.28. The summed E-state index contributed by atoms with van der Waals surface area (Å²) in [7, 11) is 1.52. The lowest BCUT2D eigenvalue weighted by molar-refractivity contribution is -0.141. The van der Waals surface area contributed by atoms with Crippen molar-refractivity contribution >= 4 is 11.9 Å². The molecule has 1 fully saturated rings. The van der Waals surface area contributed by atoms with Crippen LogP contribution in [0, 0.1) is 5.92 Å². The average molecular weight is 373 g/mol. The highest BCUT2D eigenvalue weighted by molar-refractivity contribution is 5.80. The maximum atomic E-state index is 12.7. The molecule has 1 aliphatic rings. The second-order valence-corrected chi connectivity index (χ2v) is 6.64. The molecule has 0 aromatic heterocycles. The maximum Gasteiger partial charge on any atom is 0.416 e. The second-order valence-electron chi connectivity index (χ2n) is 6.64. The van der Waals surface area contributed by atoms with E-state index >= 15 is 0 Å². The molecule has 1 aliphatic heterocycles. The monoisotopic (exact) mass is 373 g/mol. The smallest absolute Gasteiger partial charge is 0.416 e. The van der Waals surface area contributed by atoms with Crippen molar-refractivity contribution in [2.45, 2.75) is 44.5 Å². The van der Waals surface area contributed by atoms with Gasteiger partial charge in [-0.15, -0.1) is 0 Å². The quantitative estimate of drug-likeness (QED) is 0.833. The summed E-state index contributed by atoms with van der Waals surface area (Å²) in [6.45, 7) is 2.02. The zero-order valence-electron chi connectivity index (χ0n) is 14.6. The molecule has 1 N–H and O–H groups in total. The Balaban J connectivity index is 2.04. The molecule has 26 heavy (non-hydrogen) atoms. The first-order valence-corrected chi connectivity index (χ1v) is 8.33. The summed E-state index contributed by atoms with van der Waals surface area (Å²) in [5.74, 6) is -1.67.